The average Bonchev–Trinajstić information content (AvgIpc) is 2.05. The summed E-state index contributed by atoms with van der Waals surface area (Å²) >= 11 is 0. The van der Waals surface area contributed by atoms with Crippen LogP contribution < -0.4 is 11.1 Å². The number of ether oxygens (including phenoxy) is 1. The number of amides is 1. The Bertz CT molecular complexity index is 224. The smallest absolute Gasteiger partial charge is 0.407 e. The van der Waals surface area contributed by atoms with Crippen LogP contribution >= 0.6 is 24.8 Å². The second kappa shape index (κ2) is 8.01. The second-order valence-electron chi connectivity index (χ2n) is 5.26. The molecule has 0 aromatic heterocycles. The molecule has 1 aliphatic rings. The van der Waals surface area contributed by atoms with E-state index in [-0.39, 0.29) is 36.9 Å². The van der Waals surface area contributed by atoms with E-state index >= 15 is 0 Å². The summed E-state index contributed by atoms with van der Waals surface area (Å²) in [6.45, 7) is 5.59. The normalized spacial score (nSPS) is 24.0. The Morgan fingerprint density at radius 2 is 1.65 bits per heavy atom. The van der Waals surface area contributed by atoms with Crippen molar-refractivity contribution < 1.29 is 9.53 Å². The summed E-state index contributed by atoms with van der Waals surface area (Å²) in [5, 5.41) is 2.88. The van der Waals surface area contributed by atoms with Gasteiger partial charge in [-0.25, -0.2) is 4.79 Å². The van der Waals surface area contributed by atoms with Crippen molar-refractivity contribution in [1.29, 1.82) is 0 Å². The number of halogens is 2. The maximum Gasteiger partial charge on any atom is 0.407 e. The third kappa shape index (κ3) is 8.52. The summed E-state index contributed by atoms with van der Waals surface area (Å²) in [5.41, 5.74) is 5.36. The van der Waals surface area contributed by atoms with E-state index in [4.69, 9.17) is 10.5 Å². The van der Waals surface area contributed by atoms with Crippen LogP contribution in [0.1, 0.15) is 46.5 Å². The first kappa shape index (κ1) is 19.2. The van der Waals surface area contributed by atoms with E-state index in [9.17, 15) is 4.79 Å². The topological polar surface area (TPSA) is 64.3 Å². The Hall–Kier alpha value is -0.190. The molecule has 0 aliphatic heterocycles. The van der Waals surface area contributed by atoms with Crippen molar-refractivity contribution in [3.63, 3.8) is 0 Å². The molecule has 0 bridgehead atoms. The zero-order valence-corrected chi connectivity index (χ0v) is 12.3. The first-order valence-electron chi connectivity index (χ1n) is 5.62. The van der Waals surface area contributed by atoms with E-state index in [1.807, 2.05) is 20.8 Å². The number of nitrogens with one attached hydrogen (secondary N) is 1. The number of hydrogen-bond donors (Lipinski definition) is 2. The summed E-state index contributed by atoms with van der Waals surface area (Å²) in [4.78, 5) is 11.4. The van der Waals surface area contributed by atoms with Crippen molar-refractivity contribution >= 4 is 30.9 Å². The lowest BCUT2D eigenvalue weighted by Gasteiger charge is -2.28. The fourth-order valence-corrected chi connectivity index (χ4v) is 1.74. The molecule has 1 aliphatic carbocycles. The summed E-state index contributed by atoms with van der Waals surface area (Å²) < 4.78 is 5.19. The molecule has 0 saturated heterocycles. The Morgan fingerprint density at radius 3 is 2.06 bits per heavy atom. The Balaban J connectivity index is 0. The average molecular weight is 287 g/mol. The number of nitrogens with two attached hydrogens (primary N) is 1. The van der Waals surface area contributed by atoms with Gasteiger partial charge in [0.15, 0.2) is 0 Å². The lowest BCUT2D eigenvalue weighted by molar-refractivity contribution is 0.0491. The van der Waals surface area contributed by atoms with E-state index in [1.54, 1.807) is 0 Å². The van der Waals surface area contributed by atoms with Crippen LogP contribution in [0.15, 0.2) is 0 Å². The minimum Gasteiger partial charge on any atom is -0.444 e. The van der Waals surface area contributed by atoms with Gasteiger partial charge in [0.05, 0.1) is 0 Å². The van der Waals surface area contributed by atoms with Gasteiger partial charge in [-0.15, -0.1) is 24.8 Å². The highest BCUT2D eigenvalue weighted by atomic mass is 35.5. The molecule has 0 spiro atoms. The molecule has 0 radical (unpaired) electrons. The van der Waals surface area contributed by atoms with Crippen molar-refractivity contribution in [2.75, 3.05) is 0 Å². The fraction of sp³-hybridized carbons (Fsp3) is 0.909. The van der Waals surface area contributed by atoms with Gasteiger partial charge in [0.2, 0.25) is 0 Å². The van der Waals surface area contributed by atoms with E-state index < -0.39 is 5.60 Å². The van der Waals surface area contributed by atoms with E-state index in [0.29, 0.717) is 6.04 Å². The van der Waals surface area contributed by atoms with Gasteiger partial charge in [0.1, 0.15) is 5.60 Å². The lowest BCUT2D eigenvalue weighted by atomic mass is 9.92. The molecule has 0 unspecified atom stereocenters. The third-order valence-electron chi connectivity index (χ3n) is 2.49. The largest absolute Gasteiger partial charge is 0.444 e. The van der Waals surface area contributed by atoms with Crippen molar-refractivity contribution in [1.82, 2.24) is 5.32 Å². The molecular weight excluding hydrogens is 263 g/mol. The molecule has 0 aromatic rings. The van der Waals surface area contributed by atoms with Gasteiger partial charge >= 0.3 is 6.09 Å². The van der Waals surface area contributed by atoms with Crippen LogP contribution in [0.2, 0.25) is 0 Å². The number of carbonyl (C=O) groups excluding carboxylic acids is 1. The molecule has 0 heterocycles. The molecule has 104 valence electrons. The summed E-state index contributed by atoms with van der Waals surface area (Å²) in [7, 11) is 0. The quantitative estimate of drug-likeness (QED) is 0.779. The van der Waals surface area contributed by atoms with Gasteiger partial charge in [-0.2, -0.15) is 0 Å². The predicted molar refractivity (Wildman–Crippen MR) is 74.1 cm³/mol. The molecule has 0 aromatic carbocycles. The fourth-order valence-electron chi connectivity index (χ4n) is 1.74. The molecule has 17 heavy (non-hydrogen) atoms. The summed E-state index contributed by atoms with van der Waals surface area (Å²) in [6, 6.07) is 0.543. The highest BCUT2D eigenvalue weighted by molar-refractivity contribution is 5.85. The van der Waals surface area contributed by atoms with Crippen LogP contribution in [0.4, 0.5) is 4.79 Å². The Labute approximate surface area is 116 Å². The molecule has 6 heteroatoms. The number of carbonyl (C=O) groups is 1. The molecule has 0 atom stereocenters. The molecule has 4 nitrogen and oxygen atoms in total. The van der Waals surface area contributed by atoms with Crippen molar-refractivity contribution in [2.45, 2.75) is 64.1 Å². The number of alkyl carbamates (subject to hydrolysis) is 1. The van der Waals surface area contributed by atoms with Crippen molar-refractivity contribution in [3.05, 3.63) is 0 Å². The molecule has 1 fully saturated rings. The van der Waals surface area contributed by atoms with Crippen molar-refractivity contribution in [3.8, 4) is 0 Å². The molecule has 3 N–H and O–H groups in total. The lowest BCUT2D eigenvalue weighted by Crippen LogP contribution is -2.42. The van der Waals surface area contributed by atoms with Gasteiger partial charge < -0.3 is 15.8 Å². The van der Waals surface area contributed by atoms with E-state index in [0.717, 1.165) is 25.7 Å². The minimum absolute atomic E-state index is 0. The monoisotopic (exact) mass is 286 g/mol. The van der Waals surface area contributed by atoms with E-state index in [2.05, 4.69) is 5.32 Å². The standard InChI is InChI=1S/C11H22N2O2.2ClH/c1-11(2,3)15-10(14)13-9-6-4-8(12)5-7-9;;/h8-9H,4-7,12H2,1-3H3,(H,13,14);2*1H. The number of rotatable bonds is 1. The van der Waals surface area contributed by atoms with Gasteiger partial charge in [-0.1, -0.05) is 0 Å². The first-order chi connectivity index (χ1) is 6.87. The zero-order valence-electron chi connectivity index (χ0n) is 10.7. The third-order valence-corrected chi connectivity index (χ3v) is 2.49. The second-order valence-corrected chi connectivity index (χ2v) is 5.26. The zero-order chi connectivity index (χ0) is 11.5. The van der Waals surface area contributed by atoms with E-state index in [1.165, 1.54) is 0 Å². The highest BCUT2D eigenvalue weighted by Crippen LogP contribution is 2.17. The van der Waals surface area contributed by atoms with Gasteiger partial charge in [-0.3, -0.25) is 0 Å². The van der Waals surface area contributed by atoms with Crippen LogP contribution in [0.3, 0.4) is 0 Å². The molecular formula is C11H24Cl2N2O2. The number of hydrogen-bond acceptors (Lipinski definition) is 3. The minimum atomic E-state index is -0.421. The van der Waals surface area contributed by atoms with Gasteiger partial charge in [0.25, 0.3) is 0 Å². The van der Waals surface area contributed by atoms with Crippen LogP contribution in [-0.2, 0) is 4.74 Å². The Morgan fingerprint density at radius 1 is 1.18 bits per heavy atom. The van der Waals surface area contributed by atoms with Crippen LogP contribution in [-0.4, -0.2) is 23.8 Å². The van der Waals surface area contributed by atoms with Gasteiger partial charge in [0, 0.05) is 12.1 Å². The highest BCUT2D eigenvalue weighted by Gasteiger charge is 2.22. The van der Waals surface area contributed by atoms with Crippen LogP contribution in [0.25, 0.3) is 0 Å². The molecule has 1 rings (SSSR count). The van der Waals surface area contributed by atoms with Crippen LogP contribution in [0.5, 0.6) is 0 Å². The van der Waals surface area contributed by atoms with Crippen molar-refractivity contribution in [2.24, 2.45) is 5.73 Å². The summed E-state index contributed by atoms with van der Waals surface area (Å²) in [5.74, 6) is 0. The predicted octanol–water partition coefficient (Wildman–Crippen LogP) is 2.62. The maximum absolute atomic E-state index is 11.4. The molecule has 1 amide bonds. The first-order valence-corrected chi connectivity index (χ1v) is 5.62. The Kier molecular flexibility index (Phi) is 9.02. The SMILES string of the molecule is CC(C)(C)OC(=O)NC1CCC(N)CC1.Cl.Cl. The van der Waals surface area contributed by atoms with Gasteiger partial charge in [-0.05, 0) is 46.5 Å². The maximum atomic E-state index is 11.4. The van der Waals surface area contributed by atoms with Crippen LogP contribution in [0, 0.1) is 0 Å². The summed E-state index contributed by atoms with van der Waals surface area (Å²) in [6.07, 6.45) is 3.57. The molecule has 1 saturated carbocycles.